The Morgan fingerprint density at radius 2 is 1.86 bits per heavy atom. The molecule has 0 amide bonds. The zero-order valence-electron chi connectivity index (χ0n) is 14.3. The summed E-state index contributed by atoms with van der Waals surface area (Å²) in [5.41, 5.74) is 3.62. The van der Waals surface area contributed by atoms with Crippen LogP contribution in [0.4, 0.5) is 0 Å². The van der Waals surface area contributed by atoms with Crippen LogP contribution in [0, 0.1) is 22.2 Å². The third-order valence-corrected chi connectivity index (χ3v) is 7.16. The molecular weight excluding hydrogens is 256 g/mol. The molecule has 21 heavy (non-hydrogen) atoms. The van der Waals surface area contributed by atoms with Crippen molar-refractivity contribution in [2.45, 2.75) is 78.7 Å². The molecule has 0 saturated heterocycles. The van der Waals surface area contributed by atoms with E-state index in [1.807, 2.05) is 0 Å². The first-order chi connectivity index (χ1) is 9.69. The summed E-state index contributed by atoms with van der Waals surface area (Å²) in [6.45, 7) is 14.0. The highest BCUT2D eigenvalue weighted by molar-refractivity contribution is 5.32. The standard InChI is InChI=1S/C20H32O/c1-14-7-8-17-19(4,13-15(14)21)12-9-16-18(2,3)10-6-11-20(16,17)5/h8,15-16,21H,1,6-7,9-13H2,2-5H3/t15-,16+,19+,20+/m1/s1. The van der Waals surface area contributed by atoms with Crippen LogP contribution in [0.25, 0.3) is 0 Å². The molecule has 118 valence electrons. The van der Waals surface area contributed by atoms with Gasteiger partial charge >= 0.3 is 0 Å². The lowest BCUT2D eigenvalue weighted by molar-refractivity contribution is -0.0323. The van der Waals surface area contributed by atoms with Crippen molar-refractivity contribution in [1.82, 2.24) is 0 Å². The van der Waals surface area contributed by atoms with Crippen LogP contribution in [-0.2, 0) is 0 Å². The Balaban J connectivity index is 2.05. The number of hydrogen-bond acceptors (Lipinski definition) is 1. The van der Waals surface area contributed by atoms with Gasteiger partial charge in [0.15, 0.2) is 0 Å². The molecule has 3 aliphatic rings. The second kappa shape index (κ2) is 4.72. The quantitative estimate of drug-likeness (QED) is 0.603. The molecule has 0 unspecified atom stereocenters. The summed E-state index contributed by atoms with van der Waals surface area (Å²) in [5.74, 6) is 0.793. The van der Waals surface area contributed by atoms with Gasteiger partial charge in [-0.25, -0.2) is 0 Å². The molecule has 0 bridgehead atoms. The Kier molecular flexibility index (Phi) is 3.44. The van der Waals surface area contributed by atoms with E-state index in [0.29, 0.717) is 10.8 Å². The fraction of sp³-hybridized carbons (Fsp3) is 0.800. The van der Waals surface area contributed by atoms with Gasteiger partial charge in [-0.05, 0) is 66.3 Å². The van der Waals surface area contributed by atoms with E-state index in [1.54, 1.807) is 5.57 Å². The molecule has 3 rings (SSSR count). The largest absolute Gasteiger partial charge is 0.389 e. The van der Waals surface area contributed by atoms with Crippen LogP contribution < -0.4 is 0 Å². The minimum atomic E-state index is -0.319. The van der Waals surface area contributed by atoms with Gasteiger partial charge in [-0.2, -0.15) is 0 Å². The van der Waals surface area contributed by atoms with E-state index in [2.05, 4.69) is 40.3 Å². The molecule has 0 aromatic carbocycles. The molecule has 0 aliphatic heterocycles. The number of allylic oxidation sites excluding steroid dienone is 2. The van der Waals surface area contributed by atoms with Gasteiger partial charge in [0.05, 0.1) is 6.10 Å². The van der Waals surface area contributed by atoms with Crippen LogP contribution in [0.5, 0.6) is 0 Å². The third-order valence-electron chi connectivity index (χ3n) is 7.16. The highest BCUT2D eigenvalue weighted by atomic mass is 16.3. The van der Waals surface area contributed by atoms with Crippen molar-refractivity contribution < 1.29 is 5.11 Å². The molecule has 1 heteroatoms. The average Bonchev–Trinajstić information content (AvgIpc) is 2.46. The van der Waals surface area contributed by atoms with Crippen molar-refractivity contribution in [2.24, 2.45) is 22.2 Å². The SMILES string of the molecule is C=C1CC=C2[C@@](C)(CC[C@H]3C(C)(C)CCC[C@]23C)C[C@H]1O. The van der Waals surface area contributed by atoms with Crippen molar-refractivity contribution >= 4 is 0 Å². The molecule has 3 aliphatic carbocycles. The van der Waals surface area contributed by atoms with Crippen LogP contribution in [0.15, 0.2) is 23.8 Å². The number of aliphatic hydroxyl groups is 1. The lowest BCUT2D eigenvalue weighted by atomic mass is 9.45. The number of rotatable bonds is 0. The number of aliphatic hydroxyl groups excluding tert-OH is 1. The normalized spacial score (nSPS) is 46.1. The van der Waals surface area contributed by atoms with Crippen LogP contribution in [0.1, 0.15) is 72.6 Å². The fourth-order valence-corrected chi connectivity index (χ4v) is 6.07. The van der Waals surface area contributed by atoms with E-state index >= 15 is 0 Å². The second-order valence-electron chi connectivity index (χ2n) is 9.11. The first kappa shape index (κ1) is 15.3. The van der Waals surface area contributed by atoms with Gasteiger partial charge in [-0.3, -0.25) is 0 Å². The molecule has 2 fully saturated rings. The summed E-state index contributed by atoms with van der Waals surface area (Å²) in [7, 11) is 0. The maximum Gasteiger partial charge on any atom is 0.0758 e. The first-order valence-corrected chi connectivity index (χ1v) is 8.76. The molecule has 4 atom stereocenters. The Morgan fingerprint density at radius 3 is 2.57 bits per heavy atom. The maximum absolute atomic E-state index is 10.4. The Labute approximate surface area is 130 Å². The summed E-state index contributed by atoms with van der Waals surface area (Å²) in [6.07, 6.45) is 10.5. The van der Waals surface area contributed by atoms with Gasteiger partial charge in [-0.15, -0.1) is 0 Å². The molecule has 0 aromatic rings. The topological polar surface area (TPSA) is 20.2 Å². The van der Waals surface area contributed by atoms with Gasteiger partial charge in [0.2, 0.25) is 0 Å². The number of hydrogen-bond donors (Lipinski definition) is 1. The minimum Gasteiger partial charge on any atom is -0.389 e. The zero-order chi connectivity index (χ0) is 15.5. The van der Waals surface area contributed by atoms with Crippen molar-refractivity contribution in [3.63, 3.8) is 0 Å². The molecule has 0 aromatic heterocycles. The fourth-order valence-electron chi connectivity index (χ4n) is 6.07. The summed E-state index contributed by atoms with van der Waals surface area (Å²) in [5, 5.41) is 10.4. The predicted octanol–water partition coefficient (Wildman–Crippen LogP) is 5.26. The highest BCUT2D eigenvalue weighted by Crippen LogP contribution is 2.65. The Hall–Kier alpha value is -0.560. The third kappa shape index (κ3) is 2.23. The van der Waals surface area contributed by atoms with E-state index in [4.69, 9.17) is 0 Å². The van der Waals surface area contributed by atoms with E-state index in [1.165, 1.54) is 32.1 Å². The molecule has 0 spiro atoms. The van der Waals surface area contributed by atoms with E-state index in [9.17, 15) is 5.11 Å². The summed E-state index contributed by atoms with van der Waals surface area (Å²) >= 11 is 0. The lowest BCUT2D eigenvalue weighted by Crippen LogP contribution is -2.50. The van der Waals surface area contributed by atoms with Crippen LogP contribution in [0.3, 0.4) is 0 Å². The van der Waals surface area contributed by atoms with Crippen molar-refractivity contribution in [3.8, 4) is 0 Å². The van der Waals surface area contributed by atoms with E-state index < -0.39 is 0 Å². The van der Waals surface area contributed by atoms with Crippen LogP contribution in [0.2, 0.25) is 0 Å². The molecule has 0 radical (unpaired) electrons. The van der Waals surface area contributed by atoms with Crippen LogP contribution in [-0.4, -0.2) is 11.2 Å². The summed E-state index contributed by atoms with van der Waals surface area (Å²) < 4.78 is 0. The second-order valence-corrected chi connectivity index (χ2v) is 9.11. The molecule has 1 N–H and O–H groups in total. The number of fused-ring (bicyclic) bond motifs is 3. The minimum absolute atomic E-state index is 0.178. The predicted molar refractivity (Wildman–Crippen MR) is 89.0 cm³/mol. The molecule has 0 heterocycles. The lowest BCUT2D eigenvalue weighted by Gasteiger charge is -2.59. The van der Waals surface area contributed by atoms with Gasteiger partial charge in [0.1, 0.15) is 0 Å². The van der Waals surface area contributed by atoms with Crippen LogP contribution >= 0.6 is 0 Å². The highest BCUT2D eigenvalue weighted by Gasteiger charge is 2.55. The van der Waals surface area contributed by atoms with E-state index in [-0.39, 0.29) is 11.5 Å². The van der Waals surface area contributed by atoms with Gasteiger partial charge in [0, 0.05) is 0 Å². The van der Waals surface area contributed by atoms with E-state index in [0.717, 1.165) is 24.3 Å². The average molecular weight is 288 g/mol. The van der Waals surface area contributed by atoms with Gasteiger partial charge < -0.3 is 5.11 Å². The van der Waals surface area contributed by atoms with Gasteiger partial charge in [0.25, 0.3) is 0 Å². The van der Waals surface area contributed by atoms with Crippen molar-refractivity contribution in [3.05, 3.63) is 23.8 Å². The maximum atomic E-state index is 10.4. The molecule has 2 saturated carbocycles. The Bertz CT molecular complexity index is 486. The Morgan fingerprint density at radius 1 is 1.14 bits per heavy atom. The van der Waals surface area contributed by atoms with Crippen molar-refractivity contribution in [2.75, 3.05) is 0 Å². The monoisotopic (exact) mass is 288 g/mol. The smallest absolute Gasteiger partial charge is 0.0758 e. The zero-order valence-corrected chi connectivity index (χ0v) is 14.3. The van der Waals surface area contributed by atoms with Crippen molar-refractivity contribution in [1.29, 1.82) is 0 Å². The first-order valence-electron chi connectivity index (χ1n) is 8.76. The van der Waals surface area contributed by atoms with Gasteiger partial charge in [-0.1, -0.05) is 52.3 Å². The molecule has 1 nitrogen and oxygen atoms in total. The summed E-state index contributed by atoms with van der Waals surface area (Å²) in [4.78, 5) is 0. The summed E-state index contributed by atoms with van der Waals surface area (Å²) in [6, 6.07) is 0. The molecular formula is C20H32O.